The first-order chi connectivity index (χ1) is 15.3. The van der Waals surface area contributed by atoms with Gasteiger partial charge in [-0.3, -0.25) is 4.79 Å². The molecule has 0 atom stereocenters. The van der Waals surface area contributed by atoms with Crippen LogP contribution in [0.25, 0.3) is 5.57 Å². The standard InChI is InChI=1S/C28H29NO3/c1-19-6-5-7-21(16-19)24(20-8-10-22(11-9-20)28(2,3)4)18-27(30)29-23-12-13-25-26(17-23)32-15-14-31-25/h5-13,16-18H,14-15H2,1-4H3,(H,29,30)/b24-18-. The first kappa shape index (κ1) is 21.7. The Hall–Kier alpha value is -3.53. The third-order valence-electron chi connectivity index (χ3n) is 5.48. The molecule has 0 fully saturated rings. The minimum atomic E-state index is -0.196. The molecule has 1 heterocycles. The Morgan fingerprint density at radius 3 is 2.28 bits per heavy atom. The summed E-state index contributed by atoms with van der Waals surface area (Å²) in [4.78, 5) is 13.0. The van der Waals surface area contributed by atoms with Crippen LogP contribution in [0.3, 0.4) is 0 Å². The lowest BCUT2D eigenvalue weighted by atomic mass is 9.85. The fourth-order valence-corrected chi connectivity index (χ4v) is 3.73. The van der Waals surface area contributed by atoms with Gasteiger partial charge in [0.1, 0.15) is 13.2 Å². The lowest BCUT2D eigenvalue weighted by Crippen LogP contribution is -2.16. The van der Waals surface area contributed by atoms with E-state index in [-0.39, 0.29) is 11.3 Å². The number of aryl methyl sites for hydroxylation is 1. The van der Waals surface area contributed by atoms with Gasteiger partial charge in [-0.05, 0) is 46.7 Å². The van der Waals surface area contributed by atoms with Gasteiger partial charge in [-0.15, -0.1) is 0 Å². The van der Waals surface area contributed by atoms with Gasteiger partial charge < -0.3 is 14.8 Å². The van der Waals surface area contributed by atoms with Gasteiger partial charge in [-0.2, -0.15) is 0 Å². The molecule has 4 heteroatoms. The molecule has 1 amide bonds. The molecule has 0 aliphatic carbocycles. The molecule has 164 valence electrons. The van der Waals surface area contributed by atoms with Crippen molar-refractivity contribution in [3.05, 3.63) is 95.1 Å². The van der Waals surface area contributed by atoms with E-state index >= 15 is 0 Å². The number of hydrogen-bond donors (Lipinski definition) is 1. The molecule has 1 aliphatic heterocycles. The van der Waals surface area contributed by atoms with Crippen molar-refractivity contribution in [2.45, 2.75) is 33.1 Å². The summed E-state index contributed by atoms with van der Waals surface area (Å²) in [7, 11) is 0. The van der Waals surface area contributed by atoms with Crippen molar-refractivity contribution < 1.29 is 14.3 Å². The zero-order valence-corrected chi connectivity index (χ0v) is 19.1. The van der Waals surface area contributed by atoms with Gasteiger partial charge in [-0.1, -0.05) is 74.9 Å². The van der Waals surface area contributed by atoms with Crippen molar-refractivity contribution in [1.82, 2.24) is 0 Å². The summed E-state index contributed by atoms with van der Waals surface area (Å²) in [5.74, 6) is 1.15. The number of carbonyl (C=O) groups is 1. The van der Waals surface area contributed by atoms with E-state index in [1.807, 2.05) is 24.3 Å². The number of hydrogen-bond acceptors (Lipinski definition) is 3. The van der Waals surface area contributed by atoms with Crippen LogP contribution in [0.15, 0.2) is 72.8 Å². The maximum absolute atomic E-state index is 13.0. The maximum atomic E-state index is 13.0. The molecule has 0 bridgehead atoms. The van der Waals surface area contributed by atoms with Crippen LogP contribution in [0.4, 0.5) is 5.69 Å². The number of nitrogens with one attached hydrogen (secondary N) is 1. The molecule has 0 spiro atoms. The van der Waals surface area contributed by atoms with Crippen LogP contribution in [-0.4, -0.2) is 19.1 Å². The van der Waals surface area contributed by atoms with Crippen molar-refractivity contribution >= 4 is 17.2 Å². The molecule has 0 radical (unpaired) electrons. The Kier molecular flexibility index (Phi) is 6.04. The van der Waals surface area contributed by atoms with Gasteiger partial charge in [0.15, 0.2) is 11.5 Å². The van der Waals surface area contributed by atoms with Crippen molar-refractivity contribution in [1.29, 1.82) is 0 Å². The second kappa shape index (κ2) is 8.91. The molecule has 0 saturated heterocycles. The minimum Gasteiger partial charge on any atom is -0.486 e. The van der Waals surface area contributed by atoms with E-state index < -0.39 is 0 Å². The van der Waals surface area contributed by atoms with Crippen molar-refractivity contribution in [2.75, 3.05) is 18.5 Å². The van der Waals surface area contributed by atoms with E-state index in [0.29, 0.717) is 30.4 Å². The van der Waals surface area contributed by atoms with Gasteiger partial charge in [0, 0.05) is 17.8 Å². The smallest absolute Gasteiger partial charge is 0.249 e. The fourth-order valence-electron chi connectivity index (χ4n) is 3.73. The highest BCUT2D eigenvalue weighted by molar-refractivity contribution is 6.06. The lowest BCUT2D eigenvalue weighted by Gasteiger charge is -2.20. The third kappa shape index (κ3) is 5.02. The largest absolute Gasteiger partial charge is 0.486 e. The van der Waals surface area contributed by atoms with Crippen LogP contribution >= 0.6 is 0 Å². The first-order valence-electron chi connectivity index (χ1n) is 10.9. The van der Waals surface area contributed by atoms with Crippen molar-refractivity contribution in [3.8, 4) is 11.5 Å². The molecule has 1 N–H and O–H groups in total. The summed E-state index contributed by atoms with van der Waals surface area (Å²) < 4.78 is 11.2. The van der Waals surface area contributed by atoms with E-state index in [1.165, 1.54) is 5.56 Å². The number of amides is 1. The summed E-state index contributed by atoms with van der Waals surface area (Å²) in [5, 5.41) is 2.96. The predicted octanol–water partition coefficient (Wildman–Crippen LogP) is 6.13. The van der Waals surface area contributed by atoms with Gasteiger partial charge in [0.05, 0.1) is 0 Å². The summed E-state index contributed by atoms with van der Waals surface area (Å²) in [5.41, 5.74) is 6.03. The zero-order valence-electron chi connectivity index (χ0n) is 19.1. The number of anilines is 1. The summed E-state index contributed by atoms with van der Waals surface area (Å²) in [6.45, 7) is 9.68. The second-order valence-corrected chi connectivity index (χ2v) is 9.10. The molecular weight excluding hydrogens is 398 g/mol. The summed E-state index contributed by atoms with van der Waals surface area (Å²) in [6, 6.07) is 22.1. The van der Waals surface area contributed by atoms with E-state index in [1.54, 1.807) is 12.1 Å². The monoisotopic (exact) mass is 427 g/mol. The normalized spacial score (nSPS) is 13.6. The van der Waals surface area contributed by atoms with E-state index in [2.05, 4.69) is 69.4 Å². The molecule has 3 aromatic carbocycles. The second-order valence-electron chi connectivity index (χ2n) is 9.10. The molecular formula is C28H29NO3. The SMILES string of the molecule is Cc1cccc(/C(=C\C(=O)Nc2ccc3c(c2)OCCO3)c2ccc(C(C)(C)C)cc2)c1. The van der Waals surface area contributed by atoms with E-state index in [9.17, 15) is 4.79 Å². The number of fused-ring (bicyclic) bond motifs is 1. The third-order valence-corrected chi connectivity index (χ3v) is 5.48. The van der Waals surface area contributed by atoms with Crippen LogP contribution in [-0.2, 0) is 10.2 Å². The van der Waals surface area contributed by atoms with Gasteiger partial charge in [0.25, 0.3) is 0 Å². The fraction of sp³-hybridized carbons (Fsp3) is 0.250. The molecule has 3 aromatic rings. The van der Waals surface area contributed by atoms with Crippen LogP contribution in [0.2, 0.25) is 0 Å². The quantitative estimate of drug-likeness (QED) is 0.509. The average molecular weight is 428 g/mol. The Balaban J connectivity index is 1.65. The highest BCUT2D eigenvalue weighted by Crippen LogP contribution is 2.33. The highest BCUT2D eigenvalue weighted by Gasteiger charge is 2.16. The number of ether oxygens (including phenoxy) is 2. The van der Waals surface area contributed by atoms with Gasteiger partial charge in [0.2, 0.25) is 5.91 Å². The van der Waals surface area contributed by atoms with Gasteiger partial charge in [-0.25, -0.2) is 0 Å². The van der Waals surface area contributed by atoms with Gasteiger partial charge >= 0.3 is 0 Å². The van der Waals surface area contributed by atoms with Crippen molar-refractivity contribution in [2.24, 2.45) is 0 Å². The number of benzene rings is 3. The topological polar surface area (TPSA) is 47.6 Å². The Bertz CT molecular complexity index is 1150. The van der Waals surface area contributed by atoms with Crippen LogP contribution in [0.1, 0.15) is 43.0 Å². The molecule has 4 rings (SSSR count). The summed E-state index contributed by atoms with van der Waals surface area (Å²) in [6.07, 6.45) is 1.66. The Morgan fingerprint density at radius 2 is 1.59 bits per heavy atom. The number of carbonyl (C=O) groups excluding carboxylic acids is 1. The first-order valence-corrected chi connectivity index (χ1v) is 10.9. The minimum absolute atomic E-state index is 0.0708. The van der Waals surface area contributed by atoms with Crippen LogP contribution < -0.4 is 14.8 Å². The van der Waals surface area contributed by atoms with E-state index in [0.717, 1.165) is 22.3 Å². The molecule has 32 heavy (non-hydrogen) atoms. The summed E-state index contributed by atoms with van der Waals surface area (Å²) >= 11 is 0. The van der Waals surface area contributed by atoms with Crippen LogP contribution in [0.5, 0.6) is 11.5 Å². The number of rotatable bonds is 4. The van der Waals surface area contributed by atoms with Crippen molar-refractivity contribution in [3.63, 3.8) is 0 Å². The maximum Gasteiger partial charge on any atom is 0.249 e. The molecule has 4 nitrogen and oxygen atoms in total. The Labute approximate surface area is 189 Å². The zero-order chi connectivity index (χ0) is 22.7. The molecule has 0 unspecified atom stereocenters. The highest BCUT2D eigenvalue weighted by atomic mass is 16.6. The molecule has 0 aromatic heterocycles. The lowest BCUT2D eigenvalue weighted by molar-refractivity contribution is -0.111. The molecule has 0 saturated carbocycles. The van der Waals surface area contributed by atoms with E-state index in [4.69, 9.17) is 9.47 Å². The average Bonchev–Trinajstić information content (AvgIpc) is 2.77. The van der Waals surface area contributed by atoms with Crippen LogP contribution in [0, 0.1) is 6.92 Å². The molecule has 1 aliphatic rings. The predicted molar refractivity (Wildman–Crippen MR) is 129 cm³/mol. The Morgan fingerprint density at radius 1 is 0.875 bits per heavy atom.